The number of carbonyl (C=O) groups is 2. The minimum absolute atomic E-state index is 0.0154. The molecule has 1 saturated carbocycles. The van der Waals surface area contributed by atoms with E-state index in [9.17, 15) is 18.4 Å². The number of halogens is 2. The van der Waals surface area contributed by atoms with E-state index < -0.39 is 29.4 Å². The lowest BCUT2D eigenvalue weighted by molar-refractivity contribution is -0.144. The number of ether oxygens (including phenoxy) is 1. The van der Waals surface area contributed by atoms with Gasteiger partial charge in [-0.25, -0.2) is 13.6 Å². The van der Waals surface area contributed by atoms with Crippen LogP contribution in [0.15, 0.2) is 41.2 Å². The Morgan fingerprint density at radius 3 is 2.61 bits per heavy atom. The summed E-state index contributed by atoms with van der Waals surface area (Å²) in [6.07, 6.45) is 6.50. The highest BCUT2D eigenvalue weighted by Gasteiger charge is 2.44. The molecule has 0 spiro atoms. The third-order valence-corrected chi connectivity index (χ3v) is 5.92. The van der Waals surface area contributed by atoms with Crippen LogP contribution in [0, 0.1) is 17.6 Å². The fourth-order valence-corrected chi connectivity index (χ4v) is 4.57. The lowest BCUT2D eigenvalue weighted by atomic mass is 9.71. The summed E-state index contributed by atoms with van der Waals surface area (Å²) in [4.78, 5) is 25.8. The number of nitrogens with one attached hydrogen (secondary N) is 1. The van der Waals surface area contributed by atoms with Gasteiger partial charge < -0.3 is 10.1 Å². The molecule has 1 aromatic carbocycles. The van der Waals surface area contributed by atoms with Crippen LogP contribution in [-0.2, 0) is 14.3 Å². The molecular weight excluding hydrogens is 364 g/mol. The van der Waals surface area contributed by atoms with Crippen molar-refractivity contribution in [3.8, 4) is 0 Å². The summed E-state index contributed by atoms with van der Waals surface area (Å²) in [6, 6.07) is 3.57. The summed E-state index contributed by atoms with van der Waals surface area (Å²) < 4.78 is 33.2. The van der Waals surface area contributed by atoms with E-state index in [1.165, 1.54) is 6.07 Å². The molecule has 0 amide bonds. The van der Waals surface area contributed by atoms with Crippen LogP contribution in [0.5, 0.6) is 0 Å². The third-order valence-electron chi connectivity index (χ3n) is 5.92. The highest BCUT2D eigenvalue weighted by Crippen LogP contribution is 2.44. The molecule has 1 aromatic rings. The number of benzene rings is 1. The lowest BCUT2D eigenvalue weighted by Gasteiger charge is -2.38. The Morgan fingerprint density at radius 2 is 1.89 bits per heavy atom. The van der Waals surface area contributed by atoms with Gasteiger partial charge in [-0.3, -0.25) is 4.79 Å². The average molecular weight is 387 g/mol. The predicted molar refractivity (Wildman–Crippen MR) is 99.1 cm³/mol. The van der Waals surface area contributed by atoms with Crippen LogP contribution >= 0.6 is 0 Å². The van der Waals surface area contributed by atoms with E-state index in [0.29, 0.717) is 29.7 Å². The summed E-state index contributed by atoms with van der Waals surface area (Å²) in [5.74, 6) is -3.76. The normalized spacial score (nSPS) is 25.2. The Labute approximate surface area is 162 Å². The van der Waals surface area contributed by atoms with Gasteiger partial charge in [0.2, 0.25) is 0 Å². The monoisotopic (exact) mass is 387 g/mol. The number of Topliss-reactive ketones (excluding diaryl/α,β-unsaturated/α-hetero) is 1. The molecule has 0 radical (unpaired) electrons. The maximum Gasteiger partial charge on any atom is 0.336 e. The van der Waals surface area contributed by atoms with Gasteiger partial charge in [0.1, 0.15) is 11.9 Å². The number of hydrogen-bond donors (Lipinski definition) is 1. The molecule has 3 aliphatic rings. The van der Waals surface area contributed by atoms with Crippen LogP contribution in [0.3, 0.4) is 0 Å². The fraction of sp³-hybridized carbons (Fsp3) is 0.455. The first kappa shape index (κ1) is 18.8. The molecule has 6 heteroatoms. The molecule has 0 bridgehead atoms. The first-order valence-electron chi connectivity index (χ1n) is 9.82. The van der Waals surface area contributed by atoms with Crippen molar-refractivity contribution in [1.29, 1.82) is 0 Å². The number of rotatable bonds is 3. The molecule has 1 aliphatic heterocycles. The molecule has 0 saturated heterocycles. The Bertz CT molecular complexity index is 884. The van der Waals surface area contributed by atoms with Crippen molar-refractivity contribution in [3.63, 3.8) is 0 Å². The molecule has 2 unspecified atom stereocenters. The van der Waals surface area contributed by atoms with E-state index in [1.807, 2.05) is 6.08 Å². The highest BCUT2D eigenvalue weighted by molar-refractivity contribution is 5.96. The second kappa shape index (κ2) is 7.49. The number of carbonyl (C=O) groups excluding carboxylic acids is 2. The Hall–Kier alpha value is -2.50. The summed E-state index contributed by atoms with van der Waals surface area (Å²) in [5, 5.41) is 3.18. The van der Waals surface area contributed by atoms with Crippen molar-refractivity contribution in [2.75, 3.05) is 0 Å². The summed E-state index contributed by atoms with van der Waals surface area (Å²) in [7, 11) is 0. The molecule has 0 aromatic heterocycles. The minimum atomic E-state index is -0.994. The van der Waals surface area contributed by atoms with Crippen molar-refractivity contribution in [2.24, 2.45) is 5.92 Å². The van der Waals surface area contributed by atoms with Crippen molar-refractivity contribution in [3.05, 3.63) is 58.4 Å². The number of fused-ring (bicyclic) bond motifs is 1. The van der Waals surface area contributed by atoms with Gasteiger partial charge in [-0.2, -0.15) is 0 Å². The fourth-order valence-electron chi connectivity index (χ4n) is 4.57. The SMILES string of the molecule is CC1=C(C(=O)OC2CCCC2)C(c2ccc(F)c(F)c2)C2C(=O)CCC=C2N1. The topological polar surface area (TPSA) is 55.4 Å². The zero-order valence-electron chi connectivity index (χ0n) is 15.8. The van der Waals surface area contributed by atoms with Gasteiger partial charge in [-0.05, 0) is 56.7 Å². The van der Waals surface area contributed by atoms with E-state index in [0.717, 1.165) is 43.5 Å². The van der Waals surface area contributed by atoms with Crippen LogP contribution in [0.1, 0.15) is 56.9 Å². The van der Waals surface area contributed by atoms with Gasteiger partial charge in [-0.1, -0.05) is 12.1 Å². The third kappa shape index (κ3) is 3.36. The quantitative estimate of drug-likeness (QED) is 0.787. The molecule has 4 rings (SSSR count). The second-order valence-corrected chi connectivity index (χ2v) is 7.77. The Kier molecular flexibility index (Phi) is 5.04. The minimum Gasteiger partial charge on any atom is -0.459 e. The van der Waals surface area contributed by atoms with Crippen molar-refractivity contribution >= 4 is 11.8 Å². The van der Waals surface area contributed by atoms with E-state index in [1.54, 1.807) is 6.92 Å². The number of esters is 1. The maximum absolute atomic E-state index is 14.0. The average Bonchev–Trinajstić information content (AvgIpc) is 3.16. The molecular formula is C22H23F2NO3. The summed E-state index contributed by atoms with van der Waals surface area (Å²) >= 11 is 0. The summed E-state index contributed by atoms with van der Waals surface area (Å²) in [6.45, 7) is 1.76. The maximum atomic E-state index is 14.0. The second-order valence-electron chi connectivity index (χ2n) is 7.77. The van der Waals surface area contributed by atoms with Crippen LogP contribution in [-0.4, -0.2) is 17.9 Å². The van der Waals surface area contributed by atoms with Gasteiger partial charge in [0.25, 0.3) is 0 Å². The lowest BCUT2D eigenvalue weighted by Crippen LogP contribution is -2.41. The summed E-state index contributed by atoms with van der Waals surface area (Å²) in [5.41, 5.74) is 2.05. The van der Waals surface area contributed by atoms with Crippen LogP contribution in [0.2, 0.25) is 0 Å². The van der Waals surface area contributed by atoms with Crippen molar-refractivity contribution < 1.29 is 23.1 Å². The zero-order valence-corrected chi connectivity index (χ0v) is 15.8. The van der Waals surface area contributed by atoms with Crippen LogP contribution in [0.25, 0.3) is 0 Å². The Balaban J connectivity index is 1.78. The van der Waals surface area contributed by atoms with E-state index >= 15 is 0 Å². The van der Waals surface area contributed by atoms with Gasteiger partial charge in [0.05, 0.1) is 11.5 Å². The molecule has 1 heterocycles. The van der Waals surface area contributed by atoms with Crippen molar-refractivity contribution in [2.45, 2.75) is 57.5 Å². The van der Waals surface area contributed by atoms with E-state index in [4.69, 9.17) is 4.74 Å². The first-order chi connectivity index (χ1) is 13.5. The van der Waals surface area contributed by atoms with Crippen molar-refractivity contribution in [1.82, 2.24) is 5.32 Å². The molecule has 2 atom stereocenters. The zero-order chi connectivity index (χ0) is 19.8. The highest BCUT2D eigenvalue weighted by atomic mass is 19.2. The molecule has 1 N–H and O–H groups in total. The Morgan fingerprint density at radius 1 is 1.14 bits per heavy atom. The molecule has 4 nitrogen and oxygen atoms in total. The molecule has 1 fully saturated rings. The largest absolute Gasteiger partial charge is 0.459 e. The predicted octanol–water partition coefficient (Wildman–Crippen LogP) is 4.27. The van der Waals surface area contributed by atoms with Gasteiger partial charge in [-0.15, -0.1) is 0 Å². The number of ketones is 1. The standard InChI is InChI=1S/C22H23F2NO3/c1-12-19(22(27)28-14-5-2-3-6-14)20(13-9-10-15(23)16(24)11-13)21-17(25-12)7-4-8-18(21)26/h7,9-11,14,20-21,25H,2-6,8H2,1H3. The number of hydrogen-bond acceptors (Lipinski definition) is 4. The molecule has 148 valence electrons. The molecule has 2 aliphatic carbocycles. The number of allylic oxidation sites excluding steroid dienone is 3. The van der Waals surface area contributed by atoms with E-state index in [-0.39, 0.29) is 11.9 Å². The van der Waals surface area contributed by atoms with Gasteiger partial charge in [0.15, 0.2) is 11.6 Å². The van der Waals surface area contributed by atoms with Crippen LogP contribution < -0.4 is 5.32 Å². The first-order valence-corrected chi connectivity index (χ1v) is 9.82. The van der Waals surface area contributed by atoms with Crippen LogP contribution in [0.4, 0.5) is 8.78 Å². The molecule has 28 heavy (non-hydrogen) atoms. The van der Waals surface area contributed by atoms with Gasteiger partial charge >= 0.3 is 5.97 Å². The smallest absolute Gasteiger partial charge is 0.336 e. The van der Waals surface area contributed by atoms with Gasteiger partial charge in [0, 0.05) is 23.7 Å². The van der Waals surface area contributed by atoms with E-state index in [2.05, 4.69) is 5.32 Å².